The number of amides is 1. The average molecular weight is 256 g/mol. The number of nitrogens with zero attached hydrogens (tertiary/aromatic N) is 1. The molecule has 2 aliphatic rings. The van der Waals surface area contributed by atoms with Crippen molar-refractivity contribution in [3.05, 3.63) is 0 Å². The Labute approximate surface area is 109 Å². The van der Waals surface area contributed by atoms with Crippen molar-refractivity contribution in [3.8, 4) is 0 Å². The number of carbonyl (C=O) groups is 1. The molecule has 0 aromatic heterocycles. The summed E-state index contributed by atoms with van der Waals surface area (Å²) in [5.41, 5.74) is 0. The van der Waals surface area contributed by atoms with Crippen molar-refractivity contribution in [1.82, 2.24) is 10.2 Å². The van der Waals surface area contributed by atoms with Crippen LogP contribution in [0.15, 0.2) is 0 Å². The molecule has 2 rings (SSSR count). The minimum absolute atomic E-state index is 0.00405. The predicted octanol–water partition coefficient (Wildman–Crippen LogP) is 1.87. The highest BCUT2D eigenvalue weighted by atomic mass is 32.2. The van der Waals surface area contributed by atoms with E-state index in [0.717, 1.165) is 24.9 Å². The average Bonchev–Trinajstić information content (AvgIpc) is 2.90. The van der Waals surface area contributed by atoms with Gasteiger partial charge in [-0.05, 0) is 38.4 Å². The van der Waals surface area contributed by atoms with Crippen LogP contribution in [0.2, 0.25) is 0 Å². The van der Waals surface area contributed by atoms with Gasteiger partial charge in [-0.1, -0.05) is 6.42 Å². The summed E-state index contributed by atoms with van der Waals surface area (Å²) in [5.74, 6) is 1.59. The van der Waals surface area contributed by atoms with E-state index in [-0.39, 0.29) is 6.04 Å². The second kappa shape index (κ2) is 6.64. The van der Waals surface area contributed by atoms with Crippen LogP contribution >= 0.6 is 11.8 Å². The molecule has 4 heteroatoms. The minimum Gasteiger partial charge on any atom is -0.341 e. The standard InChI is InChI=1S/C13H24N2OS/c1-11(13(16)15-7-3-4-8-15)14-10-12-6-2-5-9-17-12/h11-12,14H,2-10H2,1H3. The summed E-state index contributed by atoms with van der Waals surface area (Å²) < 4.78 is 0. The molecule has 1 N–H and O–H groups in total. The molecule has 0 aliphatic carbocycles. The van der Waals surface area contributed by atoms with E-state index in [2.05, 4.69) is 17.1 Å². The Morgan fingerprint density at radius 2 is 2.12 bits per heavy atom. The van der Waals surface area contributed by atoms with E-state index in [0.29, 0.717) is 5.91 Å². The SMILES string of the molecule is CC(NCC1CCCCS1)C(=O)N1CCCC1. The summed E-state index contributed by atoms with van der Waals surface area (Å²) in [6, 6.07) is -0.00405. The van der Waals surface area contributed by atoms with E-state index < -0.39 is 0 Å². The highest BCUT2D eigenvalue weighted by Crippen LogP contribution is 2.24. The third-order valence-corrected chi connectivity index (χ3v) is 5.11. The molecule has 0 spiro atoms. The van der Waals surface area contributed by atoms with Gasteiger partial charge < -0.3 is 10.2 Å². The molecular weight excluding hydrogens is 232 g/mol. The van der Waals surface area contributed by atoms with Gasteiger partial charge >= 0.3 is 0 Å². The van der Waals surface area contributed by atoms with Gasteiger partial charge in [0, 0.05) is 24.9 Å². The van der Waals surface area contributed by atoms with Crippen molar-refractivity contribution in [2.75, 3.05) is 25.4 Å². The maximum absolute atomic E-state index is 12.1. The molecule has 0 bridgehead atoms. The molecule has 0 radical (unpaired) electrons. The van der Waals surface area contributed by atoms with Crippen LogP contribution in [-0.2, 0) is 4.79 Å². The van der Waals surface area contributed by atoms with Gasteiger partial charge in [0.1, 0.15) is 0 Å². The van der Waals surface area contributed by atoms with E-state index in [1.807, 2.05) is 11.8 Å². The van der Waals surface area contributed by atoms with Crippen molar-refractivity contribution in [2.45, 2.75) is 50.3 Å². The molecule has 2 fully saturated rings. The molecule has 2 aliphatic heterocycles. The molecule has 98 valence electrons. The smallest absolute Gasteiger partial charge is 0.239 e. The highest BCUT2D eigenvalue weighted by molar-refractivity contribution is 7.99. The van der Waals surface area contributed by atoms with Crippen LogP contribution in [0.5, 0.6) is 0 Å². The van der Waals surface area contributed by atoms with Crippen LogP contribution in [0.3, 0.4) is 0 Å². The van der Waals surface area contributed by atoms with Crippen LogP contribution in [-0.4, -0.2) is 47.5 Å². The number of nitrogens with one attached hydrogen (secondary N) is 1. The lowest BCUT2D eigenvalue weighted by Crippen LogP contribution is -2.45. The van der Waals surface area contributed by atoms with Gasteiger partial charge in [-0.3, -0.25) is 4.79 Å². The molecule has 2 atom stereocenters. The van der Waals surface area contributed by atoms with Crippen molar-refractivity contribution in [2.24, 2.45) is 0 Å². The quantitative estimate of drug-likeness (QED) is 0.833. The van der Waals surface area contributed by atoms with Gasteiger partial charge in [0.05, 0.1) is 6.04 Å². The van der Waals surface area contributed by atoms with E-state index in [9.17, 15) is 4.79 Å². The lowest BCUT2D eigenvalue weighted by atomic mass is 10.2. The van der Waals surface area contributed by atoms with Crippen molar-refractivity contribution in [1.29, 1.82) is 0 Å². The molecule has 0 saturated carbocycles. The van der Waals surface area contributed by atoms with Crippen LogP contribution in [0.4, 0.5) is 0 Å². The number of likely N-dealkylation sites (tertiary alicyclic amines) is 1. The summed E-state index contributed by atoms with van der Waals surface area (Å²) in [7, 11) is 0. The largest absolute Gasteiger partial charge is 0.341 e. The Bertz CT molecular complexity index is 248. The summed E-state index contributed by atoms with van der Waals surface area (Å²) in [5, 5.41) is 4.14. The zero-order valence-electron chi connectivity index (χ0n) is 10.8. The minimum atomic E-state index is -0.00405. The van der Waals surface area contributed by atoms with Crippen LogP contribution < -0.4 is 5.32 Å². The molecule has 2 saturated heterocycles. The summed E-state index contributed by atoms with van der Waals surface area (Å²) in [4.78, 5) is 14.1. The van der Waals surface area contributed by atoms with Gasteiger partial charge in [-0.25, -0.2) is 0 Å². The molecule has 0 aromatic carbocycles. The lowest BCUT2D eigenvalue weighted by molar-refractivity contribution is -0.131. The van der Waals surface area contributed by atoms with Crippen LogP contribution in [0.25, 0.3) is 0 Å². The highest BCUT2D eigenvalue weighted by Gasteiger charge is 2.23. The third-order valence-electron chi connectivity index (χ3n) is 3.71. The fourth-order valence-electron chi connectivity index (χ4n) is 2.58. The molecule has 2 heterocycles. The van der Waals surface area contributed by atoms with Crippen molar-refractivity contribution < 1.29 is 4.79 Å². The van der Waals surface area contributed by atoms with Gasteiger partial charge in [-0.2, -0.15) is 11.8 Å². The monoisotopic (exact) mass is 256 g/mol. The molecule has 17 heavy (non-hydrogen) atoms. The Morgan fingerprint density at radius 3 is 2.76 bits per heavy atom. The predicted molar refractivity (Wildman–Crippen MR) is 73.4 cm³/mol. The van der Waals surface area contributed by atoms with Gasteiger partial charge in [0.15, 0.2) is 0 Å². The molecule has 0 aromatic rings. The summed E-state index contributed by atoms with van der Waals surface area (Å²) in [6.45, 7) is 4.92. The number of carbonyl (C=O) groups excluding carboxylic acids is 1. The third kappa shape index (κ3) is 3.88. The van der Waals surface area contributed by atoms with Gasteiger partial charge in [-0.15, -0.1) is 0 Å². The Hall–Kier alpha value is -0.220. The molecular formula is C13H24N2OS. The fraction of sp³-hybridized carbons (Fsp3) is 0.923. The number of hydrogen-bond donors (Lipinski definition) is 1. The maximum atomic E-state index is 12.1. The fourth-order valence-corrected chi connectivity index (χ4v) is 3.83. The maximum Gasteiger partial charge on any atom is 0.239 e. The Morgan fingerprint density at radius 1 is 1.35 bits per heavy atom. The summed E-state index contributed by atoms with van der Waals surface area (Å²) in [6.07, 6.45) is 6.38. The first kappa shape index (κ1) is 13.2. The van der Waals surface area contributed by atoms with Crippen LogP contribution in [0.1, 0.15) is 39.0 Å². The van der Waals surface area contributed by atoms with Crippen LogP contribution in [0, 0.1) is 0 Å². The van der Waals surface area contributed by atoms with Gasteiger partial charge in [0.25, 0.3) is 0 Å². The normalized spacial score (nSPS) is 27.1. The van der Waals surface area contributed by atoms with E-state index >= 15 is 0 Å². The number of thioether (sulfide) groups is 1. The summed E-state index contributed by atoms with van der Waals surface area (Å²) >= 11 is 2.06. The topological polar surface area (TPSA) is 32.3 Å². The van der Waals surface area contributed by atoms with E-state index in [1.54, 1.807) is 0 Å². The second-order valence-electron chi connectivity index (χ2n) is 5.15. The van der Waals surface area contributed by atoms with Gasteiger partial charge in [0.2, 0.25) is 5.91 Å². The Kier molecular flexibility index (Phi) is 5.16. The first-order valence-corrected chi connectivity index (χ1v) is 7.96. The van der Waals surface area contributed by atoms with Crippen molar-refractivity contribution in [3.63, 3.8) is 0 Å². The molecule has 1 amide bonds. The van der Waals surface area contributed by atoms with E-state index in [4.69, 9.17) is 0 Å². The zero-order valence-corrected chi connectivity index (χ0v) is 11.6. The molecule has 3 nitrogen and oxygen atoms in total. The van der Waals surface area contributed by atoms with Crippen molar-refractivity contribution >= 4 is 17.7 Å². The zero-order chi connectivity index (χ0) is 12.1. The number of hydrogen-bond acceptors (Lipinski definition) is 3. The lowest BCUT2D eigenvalue weighted by Gasteiger charge is -2.25. The van der Waals surface area contributed by atoms with E-state index in [1.165, 1.54) is 37.9 Å². The molecule has 2 unspecified atom stereocenters. The second-order valence-corrected chi connectivity index (χ2v) is 6.56. The first-order chi connectivity index (χ1) is 8.27. The first-order valence-electron chi connectivity index (χ1n) is 6.91. The number of rotatable bonds is 4. The Balaban J connectivity index is 1.68.